The minimum absolute atomic E-state index is 0.0236. The highest BCUT2D eigenvalue weighted by molar-refractivity contribution is 5.83. The molecule has 0 saturated carbocycles. The van der Waals surface area contributed by atoms with Crippen molar-refractivity contribution in [2.45, 2.75) is 19.3 Å². The molecule has 0 aliphatic heterocycles. The zero-order chi connectivity index (χ0) is 27.1. The van der Waals surface area contributed by atoms with Crippen LogP contribution in [0.25, 0.3) is 44.8 Å². The molecular weight excluding hydrogens is 484 g/mol. The fourth-order valence-corrected chi connectivity index (χ4v) is 5.94. The van der Waals surface area contributed by atoms with Crippen molar-refractivity contribution in [2.24, 2.45) is 0 Å². The second-order valence-corrected chi connectivity index (χ2v) is 11.0. The Kier molecular flexibility index (Phi) is 5.82. The van der Waals surface area contributed by atoms with Gasteiger partial charge in [-0.2, -0.15) is 0 Å². The van der Waals surface area contributed by atoms with Crippen LogP contribution in [0.3, 0.4) is 0 Å². The van der Waals surface area contributed by atoms with Crippen LogP contribution < -0.4 is 5.32 Å². The highest BCUT2D eigenvalue weighted by Gasteiger charge is 2.35. The zero-order valence-electron chi connectivity index (χ0n) is 22.7. The number of fused-ring (bicyclic) bond motifs is 3. The van der Waals surface area contributed by atoms with Gasteiger partial charge in [0, 0.05) is 27.9 Å². The molecule has 1 aliphatic carbocycles. The number of nitrogens with zero attached hydrogens (tertiary/aromatic N) is 1. The topological polar surface area (TPSA) is 24.9 Å². The van der Waals surface area contributed by atoms with E-state index in [0.29, 0.717) is 0 Å². The van der Waals surface area contributed by atoms with Gasteiger partial charge in [0.05, 0.1) is 11.4 Å². The maximum Gasteiger partial charge on any atom is 0.0715 e. The Hall–Kier alpha value is -4.95. The lowest BCUT2D eigenvalue weighted by atomic mass is 9.82. The van der Waals surface area contributed by atoms with E-state index >= 15 is 0 Å². The summed E-state index contributed by atoms with van der Waals surface area (Å²) in [5.74, 6) is 0. The monoisotopic (exact) mass is 514 g/mol. The number of hydrogen-bond donors (Lipinski definition) is 1. The molecule has 0 saturated heterocycles. The molecule has 1 aliphatic rings. The average Bonchev–Trinajstić information content (AvgIpc) is 3.24. The summed E-state index contributed by atoms with van der Waals surface area (Å²) in [5.41, 5.74) is 14.0. The van der Waals surface area contributed by atoms with E-state index in [0.717, 1.165) is 45.0 Å². The maximum atomic E-state index is 5.04. The van der Waals surface area contributed by atoms with Crippen molar-refractivity contribution in [3.63, 3.8) is 0 Å². The van der Waals surface area contributed by atoms with Gasteiger partial charge >= 0.3 is 0 Å². The predicted molar refractivity (Wildman–Crippen MR) is 168 cm³/mol. The molecule has 0 atom stereocenters. The van der Waals surface area contributed by atoms with E-state index in [9.17, 15) is 0 Å². The molecule has 40 heavy (non-hydrogen) atoms. The van der Waals surface area contributed by atoms with Crippen molar-refractivity contribution in [3.8, 4) is 44.8 Å². The molecule has 0 spiro atoms. The molecule has 0 fully saturated rings. The minimum Gasteiger partial charge on any atom is -0.356 e. The molecule has 0 radical (unpaired) electrons. The van der Waals surface area contributed by atoms with Crippen molar-refractivity contribution >= 4 is 11.4 Å². The first-order valence-corrected chi connectivity index (χ1v) is 13.8. The van der Waals surface area contributed by atoms with Crippen LogP contribution in [0.5, 0.6) is 0 Å². The van der Waals surface area contributed by atoms with Crippen LogP contribution in [0.2, 0.25) is 0 Å². The third-order valence-corrected chi connectivity index (χ3v) is 8.03. The highest BCUT2D eigenvalue weighted by atomic mass is 14.9. The van der Waals surface area contributed by atoms with E-state index in [1.807, 2.05) is 12.1 Å². The quantitative estimate of drug-likeness (QED) is 0.247. The molecule has 2 heteroatoms. The molecule has 1 heterocycles. The van der Waals surface area contributed by atoms with Gasteiger partial charge in [-0.3, -0.25) is 0 Å². The molecule has 0 unspecified atom stereocenters. The SMILES string of the molecule is CC1(C)c2ccccc2-c2ccc(Nc3cccc(-c4cc(-c5ccccc5)nc(-c5ccccc5)c4)c3)cc21. The second-order valence-electron chi connectivity index (χ2n) is 11.0. The summed E-state index contributed by atoms with van der Waals surface area (Å²) in [5, 5.41) is 3.69. The number of rotatable bonds is 5. The number of hydrogen-bond acceptors (Lipinski definition) is 2. The van der Waals surface area contributed by atoms with E-state index in [-0.39, 0.29) is 5.41 Å². The van der Waals surface area contributed by atoms with Crippen molar-refractivity contribution in [2.75, 3.05) is 5.32 Å². The number of nitrogens with one attached hydrogen (secondary N) is 1. The minimum atomic E-state index is -0.0236. The number of benzene rings is 5. The second kappa shape index (κ2) is 9.66. The van der Waals surface area contributed by atoms with E-state index < -0.39 is 0 Å². The smallest absolute Gasteiger partial charge is 0.0715 e. The molecule has 192 valence electrons. The normalized spacial score (nSPS) is 12.9. The van der Waals surface area contributed by atoms with E-state index in [4.69, 9.17) is 4.98 Å². The van der Waals surface area contributed by atoms with E-state index in [2.05, 4.69) is 147 Å². The fourth-order valence-electron chi connectivity index (χ4n) is 5.94. The predicted octanol–water partition coefficient (Wildman–Crippen LogP) is 10.1. The Morgan fingerprint density at radius 2 is 1.02 bits per heavy atom. The van der Waals surface area contributed by atoms with Gasteiger partial charge in [0.1, 0.15) is 0 Å². The van der Waals surface area contributed by atoms with Gasteiger partial charge in [0.2, 0.25) is 0 Å². The molecule has 6 aromatic rings. The maximum absolute atomic E-state index is 5.04. The first-order valence-electron chi connectivity index (χ1n) is 13.8. The van der Waals surface area contributed by atoms with E-state index in [1.54, 1.807) is 0 Å². The number of aromatic nitrogens is 1. The summed E-state index contributed by atoms with van der Waals surface area (Å²) < 4.78 is 0. The van der Waals surface area contributed by atoms with Gasteiger partial charge in [-0.25, -0.2) is 4.98 Å². The van der Waals surface area contributed by atoms with E-state index in [1.165, 1.54) is 22.3 Å². The number of anilines is 2. The summed E-state index contributed by atoms with van der Waals surface area (Å²) in [6.45, 7) is 4.64. The van der Waals surface area contributed by atoms with Crippen LogP contribution in [-0.2, 0) is 5.41 Å². The van der Waals surface area contributed by atoms with Crippen molar-refractivity contribution in [3.05, 3.63) is 151 Å². The Labute approximate surface area is 236 Å². The van der Waals surface area contributed by atoms with Crippen LogP contribution >= 0.6 is 0 Å². The van der Waals surface area contributed by atoms with Crippen LogP contribution in [0.15, 0.2) is 140 Å². The molecule has 2 nitrogen and oxygen atoms in total. The van der Waals surface area contributed by atoms with Crippen molar-refractivity contribution < 1.29 is 0 Å². The molecular formula is C38H30N2. The molecule has 0 amide bonds. The lowest BCUT2D eigenvalue weighted by Crippen LogP contribution is -2.15. The Morgan fingerprint density at radius 1 is 0.450 bits per heavy atom. The van der Waals surface area contributed by atoms with Crippen LogP contribution in [0, 0.1) is 0 Å². The van der Waals surface area contributed by atoms with Crippen LogP contribution in [0.4, 0.5) is 11.4 Å². The summed E-state index contributed by atoms with van der Waals surface area (Å²) in [6.07, 6.45) is 0. The lowest BCUT2D eigenvalue weighted by Gasteiger charge is -2.22. The van der Waals surface area contributed by atoms with Gasteiger partial charge in [0.25, 0.3) is 0 Å². The third kappa shape index (κ3) is 4.28. The van der Waals surface area contributed by atoms with Gasteiger partial charge in [-0.1, -0.05) is 117 Å². The van der Waals surface area contributed by atoms with Gasteiger partial charge in [-0.15, -0.1) is 0 Å². The average molecular weight is 515 g/mol. The summed E-state index contributed by atoms with van der Waals surface area (Å²) in [7, 11) is 0. The summed E-state index contributed by atoms with van der Waals surface area (Å²) in [4.78, 5) is 5.04. The molecule has 0 bridgehead atoms. The van der Waals surface area contributed by atoms with Gasteiger partial charge in [0.15, 0.2) is 0 Å². The summed E-state index contributed by atoms with van der Waals surface area (Å²) >= 11 is 0. The Bertz CT molecular complexity index is 1780. The Morgan fingerprint density at radius 3 is 1.73 bits per heavy atom. The molecule has 5 aromatic carbocycles. The highest BCUT2D eigenvalue weighted by Crippen LogP contribution is 2.49. The first kappa shape index (κ1) is 24.1. The van der Waals surface area contributed by atoms with Crippen molar-refractivity contribution in [1.82, 2.24) is 4.98 Å². The standard InChI is InChI=1S/C38H30N2/c1-38(2)34-19-10-9-18-32(34)33-21-20-31(25-35(33)38)39-30-17-11-16-28(22-30)29-23-36(26-12-5-3-6-13-26)40-37(24-29)27-14-7-4-8-15-27/h3-25,39H,1-2H3. The Balaban J connectivity index is 1.25. The fraction of sp³-hybridized carbons (Fsp3) is 0.0789. The zero-order valence-corrected chi connectivity index (χ0v) is 22.7. The van der Waals surface area contributed by atoms with Gasteiger partial charge < -0.3 is 5.32 Å². The number of pyridine rings is 1. The molecule has 1 aromatic heterocycles. The van der Waals surface area contributed by atoms with Gasteiger partial charge in [-0.05, 0) is 69.8 Å². The van der Waals surface area contributed by atoms with Crippen molar-refractivity contribution in [1.29, 1.82) is 0 Å². The first-order chi connectivity index (χ1) is 19.6. The summed E-state index contributed by atoms with van der Waals surface area (Å²) in [6, 6.07) is 49.4. The largest absolute Gasteiger partial charge is 0.356 e. The third-order valence-electron chi connectivity index (χ3n) is 8.03. The van der Waals surface area contributed by atoms with Crippen LogP contribution in [-0.4, -0.2) is 4.98 Å². The molecule has 7 rings (SSSR count). The molecule has 1 N–H and O–H groups in total. The van der Waals surface area contributed by atoms with Crippen LogP contribution in [0.1, 0.15) is 25.0 Å². The lowest BCUT2D eigenvalue weighted by molar-refractivity contribution is 0.660.